The number of hydrogen-bond donors (Lipinski definition) is 0. The Bertz CT molecular complexity index is 311. The molecular weight excluding hydrogens is 296 g/mol. The topological polar surface area (TPSA) is 34.2 Å². The molecule has 1 unspecified atom stereocenters. The van der Waals surface area contributed by atoms with E-state index in [-0.39, 0.29) is 0 Å². The van der Waals surface area contributed by atoms with Crippen LogP contribution in [0.4, 0.5) is 0 Å². The smallest absolute Gasteiger partial charge is 0.374 e. The van der Waals surface area contributed by atoms with Crippen LogP contribution in [0.1, 0.15) is 47.5 Å². The molecule has 0 spiro atoms. The van der Waals surface area contributed by atoms with Crippen molar-refractivity contribution in [3.63, 3.8) is 0 Å². The van der Waals surface area contributed by atoms with Crippen LogP contribution in [0.3, 0.4) is 0 Å². The molecule has 0 radical (unpaired) electrons. The maximum absolute atomic E-state index is 5.99. The Morgan fingerprint density at radius 1 is 0.909 bits per heavy atom. The van der Waals surface area contributed by atoms with Gasteiger partial charge < -0.3 is 23.1 Å². The number of nitrogens with zero attached hydrogens (tertiary/aromatic N) is 2. The third-order valence-corrected chi connectivity index (χ3v) is 7.42. The molecule has 0 fully saturated rings. The summed E-state index contributed by atoms with van der Waals surface area (Å²) in [7, 11) is -2.57. The third-order valence-electron chi connectivity index (χ3n) is 3.85. The van der Waals surface area contributed by atoms with E-state index in [0.29, 0.717) is 25.4 Å². The van der Waals surface area contributed by atoms with Gasteiger partial charge in [-0.05, 0) is 33.6 Å². The van der Waals surface area contributed by atoms with E-state index in [1.807, 2.05) is 20.8 Å². The van der Waals surface area contributed by atoms with Crippen molar-refractivity contribution in [1.82, 2.24) is 9.80 Å². The zero-order chi connectivity index (χ0) is 16.4. The number of rotatable bonds is 12. The first-order valence-corrected chi connectivity index (χ1v) is 10.5. The molecule has 1 heterocycles. The van der Waals surface area contributed by atoms with Crippen LogP contribution in [-0.4, -0.2) is 58.2 Å². The van der Waals surface area contributed by atoms with Crippen molar-refractivity contribution in [3.8, 4) is 0 Å². The zero-order valence-corrected chi connectivity index (χ0v) is 16.0. The molecule has 130 valence electrons. The lowest BCUT2D eigenvalue weighted by atomic mass is 10.3. The Kier molecular flexibility index (Phi) is 9.08. The van der Waals surface area contributed by atoms with E-state index in [4.69, 9.17) is 13.3 Å². The lowest BCUT2D eigenvalue weighted by Gasteiger charge is -2.34. The monoisotopic (exact) mass is 330 g/mol. The standard InChI is InChI=1S/C16H34N2O3Si/c1-6-11-17-13-14-18(15-17)12-10-16(5)22(19-7-2,20-8-3)21-9-4/h13-14,16H,6-12,15H2,1-5H3. The highest BCUT2D eigenvalue weighted by molar-refractivity contribution is 6.62. The van der Waals surface area contributed by atoms with Gasteiger partial charge in [0.05, 0.1) is 6.67 Å². The fourth-order valence-electron chi connectivity index (χ4n) is 2.79. The van der Waals surface area contributed by atoms with Crippen molar-refractivity contribution < 1.29 is 13.3 Å². The van der Waals surface area contributed by atoms with Gasteiger partial charge in [-0.25, -0.2) is 0 Å². The first kappa shape index (κ1) is 19.5. The highest BCUT2D eigenvalue weighted by Crippen LogP contribution is 2.29. The van der Waals surface area contributed by atoms with Crippen LogP contribution in [0.15, 0.2) is 12.4 Å². The van der Waals surface area contributed by atoms with Crippen LogP contribution in [0.5, 0.6) is 0 Å². The second-order valence-corrected chi connectivity index (χ2v) is 8.72. The molecule has 0 aromatic carbocycles. The molecule has 0 aromatic heterocycles. The summed E-state index contributed by atoms with van der Waals surface area (Å²) < 4.78 is 18.0. The molecule has 0 aliphatic carbocycles. The first-order chi connectivity index (χ1) is 10.6. The fraction of sp³-hybridized carbons (Fsp3) is 0.875. The Morgan fingerprint density at radius 2 is 1.41 bits per heavy atom. The van der Waals surface area contributed by atoms with E-state index in [0.717, 1.165) is 26.2 Å². The summed E-state index contributed by atoms with van der Waals surface area (Å²) in [6.07, 6.45) is 6.58. The Balaban J connectivity index is 2.52. The summed E-state index contributed by atoms with van der Waals surface area (Å²) in [5.41, 5.74) is 0.306. The maximum atomic E-state index is 5.99. The second-order valence-electron chi connectivity index (χ2n) is 5.66. The lowest BCUT2D eigenvalue weighted by molar-refractivity contribution is 0.0605. The second kappa shape index (κ2) is 10.3. The van der Waals surface area contributed by atoms with E-state index < -0.39 is 8.80 Å². The zero-order valence-electron chi connectivity index (χ0n) is 15.0. The molecule has 0 aromatic rings. The molecule has 0 N–H and O–H groups in total. The predicted molar refractivity (Wildman–Crippen MR) is 92.4 cm³/mol. The van der Waals surface area contributed by atoms with Crippen molar-refractivity contribution in [2.24, 2.45) is 0 Å². The minimum atomic E-state index is -2.57. The summed E-state index contributed by atoms with van der Waals surface area (Å²) in [5.74, 6) is 0. The summed E-state index contributed by atoms with van der Waals surface area (Å²) >= 11 is 0. The molecule has 1 rings (SSSR count). The van der Waals surface area contributed by atoms with Gasteiger partial charge in [0.15, 0.2) is 0 Å². The largest absolute Gasteiger partial charge is 0.503 e. The van der Waals surface area contributed by atoms with Crippen LogP contribution in [0.2, 0.25) is 5.54 Å². The number of hydrogen-bond acceptors (Lipinski definition) is 5. The summed E-state index contributed by atoms with van der Waals surface area (Å²) in [4.78, 5) is 4.71. The molecular formula is C16H34N2O3Si. The molecule has 0 saturated carbocycles. The molecule has 1 atom stereocenters. The Labute approximate surface area is 137 Å². The van der Waals surface area contributed by atoms with Gasteiger partial charge in [-0.15, -0.1) is 0 Å². The van der Waals surface area contributed by atoms with Gasteiger partial charge in [-0.3, -0.25) is 0 Å². The summed E-state index contributed by atoms with van der Waals surface area (Å²) in [6.45, 7) is 15.5. The maximum Gasteiger partial charge on any atom is 0.503 e. The van der Waals surface area contributed by atoms with Gasteiger partial charge in [0, 0.05) is 50.9 Å². The van der Waals surface area contributed by atoms with Crippen molar-refractivity contribution >= 4 is 8.80 Å². The molecule has 22 heavy (non-hydrogen) atoms. The molecule has 0 bridgehead atoms. The van der Waals surface area contributed by atoms with Gasteiger partial charge in [0.1, 0.15) is 0 Å². The van der Waals surface area contributed by atoms with Crippen LogP contribution in [-0.2, 0) is 13.3 Å². The van der Waals surface area contributed by atoms with Crippen LogP contribution < -0.4 is 0 Å². The molecule has 1 aliphatic heterocycles. The quantitative estimate of drug-likeness (QED) is 0.513. The van der Waals surface area contributed by atoms with Crippen molar-refractivity contribution in [3.05, 3.63) is 12.4 Å². The van der Waals surface area contributed by atoms with E-state index in [2.05, 4.69) is 36.0 Å². The summed E-state index contributed by atoms with van der Waals surface area (Å²) in [6, 6.07) is 0. The van der Waals surface area contributed by atoms with Crippen molar-refractivity contribution in [1.29, 1.82) is 0 Å². The van der Waals surface area contributed by atoms with E-state index in [1.54, 1.807) is 0 Å². The first-order valence-electron chi connectivity index (χ1n) is 8.70. The lowest BCUT2D eigenvalue weighted by Crippen LogP contribution is -2.50. The van der Waals surface area contributed by atoms with Gasteiger partial charge >= 0.3 is 8.80 Å². The normalized spacial score (nSPS) is 16.6. The predicted octanol–water partition coefficient (Wildman–Crippen LogP) is 3.27. The molecule has 5 nitrogen and oxygen atoms in total. The highest BCUT2D eigenvalue weighted by Gasteiger charge is 2.46. The average Bonchev–Trinajstić information content (AvgIpc) is 2.93. The van der Waals surface area contributed by atoms with Gasteiger partial charge in [-0.1, -0.05) is 13.8 Å². The van der Waals surface area contributed by atoms with E-state index in [1.165, 1.54) is 6.42 Å². The van der Waals surface area contributed by atoms with Crippen molar-refractivity contribution in [2.75, 3.05) is 39.6 Å². The minimum Gasteiger partial charge on any atom is -0.374 e. The average molecular weight is 331 g/mol. The van der Waals surface area contributed by atoms with E-state index >= 15 is 0 Å². The van der Waals surface area contributed by atoms with Crippen molar-refractivity contribution in [2.45, 2.75) is 53.0 Å². The molecule has 0 amide bonds. The highest BCUT2D eigenvalue weighted by atomic mass is 28.4. The SMILES string of the molecule is CCCN1C=CN(CCC(C)[Si](OCC)(OCC)OCC)C1. The Morgan fingerprint density at radius 3 is 1.86 bits per heavy atom. The fourth-order valence-corrected chi connectivity index (χ4v) is 5.58. The van der Waals surface area contributed by atoms with Gasteiger partial charge in [0.2, 0.25) is 0 Å². The van der Waals surface area contributed by atoms with Crippen LogP contribution in [0.25, 0.3) is 0 Å². The third kappa shape index (κ3) is 5.57. The van der Waals surface area contributed by atoms with E-state index in [9.17, 15) is 0 Å². The summed E-state index contributed by atoms with van der Waals surface area (Å²) in [5, 5.41) is 0. The van der Waals surface area contributed by atoms with Crippen LogP contribution in [0, 0.1) is 0 Å². The van der Waals surface area contributed by atoms with Gasteiger partial charge in [0.25, 0.3) is 0 Å². The van der Waals surface area contributed by atoms with Crippen LogP contribution >= 0.6 is 0 Å². The molecule has 1 aliphatic rings. The van der Waals surface area contributed by atoms with Gasteiger partial charge in [-0.2, -0.15) is 0 Å². The molecule has 0 saturated heterocycles. The molecule has 6 heteroatoms. The Hall–Kier alpha value is -0.563. The minimum absolute atomic E-state index is 0.306.